The summed E-state index contributed by atoms with van der Waals surface area (Å²) < 4.78 is 22.5. The second-order valence-electron chi connectivity index (χ2n) is 6.98. The second-order valence-corrected chi connectivity index (χ2v) is 9.62. The van der Waals surface area contributed by atoms with Crippen LogP contribution in [0.15, 0.2) is 16.6 Å². The molecule has 0 saturated carbocycles. The van der Waals surface area contributed by atoms with Crippen LogP contribution in [0.4, 0.5) is 0 Å². The maximum absolute atomic E-state index is 12.8. The van der Waals surface area contributed by atoms with Gasteiger partial charge in [-0.15, -0.1) is 4.72 Å². The number of hydrogen-bond acceptors (Lipinski definition) is 3. The monoisotopic (exact) mass is 369 g/mol. The van der Waals surface area contributed by atoms with E-state index >= 15 is 0 Å². The van der Waals surface area contributed by atoms with Crippen LogP contribution in [0, 0.1) is 5.41 Å². The SMILES string of the molecule is CC1(C)c2c(Br)ccc3c2C(N[S+]1[O-])C1(CCOCC1)C3. The standard InChI is InChI=1S/C16H20BrNO2S/c1-15(2)13-11(17)4-3-10-9-16(5-7-20-8-6-16)14(12(10)13)18-21(15)19/h3-4,14,18H,5-9H2,1-2H3. The van der Waals surface area contributed by atoms with Crippen molar-refractivity contribution in [3.8, 4) is 0 Å². The molecule has 21 heavy (non-hydrogen) atoms. The zero-order chi connectivity index (χ0) is 14.8. The quantitative estimate of drug-likeness (QED) is 0.713. The van der Waals surface area contributed by atoms with Gasteiger partial charge in [-0.25, -0.2) is 0 Å². The van der Waals surface area contributed by atoms with Crippen molar-refractivity contribution in [3.05, 3.63) is 33.3 Å². The summed E-state index contributed by atoms with van der Waals surface area (Å²) in [5.74, 6) is 0. The van der Waals surface area contributed by atoms with Crippen LogP contribution in [0.2, 0.25) is 0 Å². The van der Waals surface area contributed by atoms with E-state index in [0.717, 1.165) is 36.9 Å². The van der Waals surface area contributed by atoms with Gasteiger partial charge >= 0.3 is 0 Å². The van der Waals surface area contributed by atoms with E-state index in [2.05, 4.69) is 46.6 Å². The highest BCUT2D eigenvalue weighted by Crippen LogP contribution is 2.58. The van der Waals surface area contributed by atoms with Gasteiger partial charge in [0.15, 0.2) is 4.75 Å². The van der Waals surface area contributed by atoms with Crippen molar-refractivity contribution in [1.29, 1.82) is 0 Å². The fraction of sp³-hybridized carbons (Fsp3) is 0.625. The van der Waals surface area contributed by atoms with Crippen LogP contribution in [0.25, 0.3) is 0 Å². The minimum absolute atomic E-state index is 0.183. The van der Waals surface area contributed by atoms with Gasteiger partial charge in [-0.3, -0.25) is 0 Å². The molecule has 114 valence electrons. The van der Waals surface area contributed by atoms with Crippen molar-refractivity contribution in [2.24, 2.45) is 5.41 Å². The number of hydrogen-bond donors (Lipinski definition) is 1. The molecule has 1 saturated heterocycles. The summed E-state index contributed by atoms with van der Waals surface area (Å²) in [5, 5.41) is 0. The first kappa shape index (κ1) is 14.5. The zero-order valence-electron chi connectivity index (χ0n) is 12.4. The van der Waals surface area contributed by atoms with Gasteiger partial charge in [0, 0.05) is 40.0 Å². The predicted octanol–water partition coefficient (Wildman–Crippen LogP) is 3.35. The van der Waals surface area contributed by atoms with Crippen LogP contribution < -0.4 is 4.72 Å². The average molecular weight is 370 g/mol. The normalized spacial score (nSPS) is 32.2. The van der Waals surface area contributed by atoms with Crippen LogP contribution in [0.3, 0.4) is 0 Å². The predicted molar refractivity (Wildman–Crippen MR) is 87.4 cm³/mol. The lowest BCUT2D eigenvalue weighted by molar-refractivity contribution is 0.00348. The Morgan fingerprint density at radius 3 is 2.76 bits per heavy atom. The maximum atomic E-state index is 12.8. The second kappa shape index (κ2) is 4.71. The van der Waals surface area contributed by atoms with E-state index in [1.54, 1.807) is 0 Å². The Morgan fingerprint density at radius 2 is 2.05 bits per heavy atom. The van der Waals surface area contributed by atoms with E-state index < -0.39 is 11.4 Å². The fourth-order valence-corrected chi connectivity index (χ4v) is 6.55. The summed E-state index contributed by atoms with van der Waals surface area (Å²) in [5.41, 5.74) is 4.25. The van der Waals surface area contributed by atoms with Crippen molar-refractivity contribution in [2.45, 2.75) is 43.9 Å². The number of ether oxygens (including phenoxy) is 1. The lowest BCUT2D eigenvalue weighted by Gasteiger charge is -2.44. The number of halogens is 1. The molecule has 0 radical (unpaired) electrons. The van der Waals surface area contributed by atoms with Crippen molar-refractivity contribution in [3.63, 3.8) is 0 Å². The third kappa shape index (κ3) is 1.91. The first-order valence-electron chi connectivity index (χ1n) is 7.53. The molecule has 5 heteroatoms. The van der Waals surface area contributed by atoms with Gasteiger partial charge in [0.2, 0.25) is 0 Å². The molecule has 3 nitrogen and oxygen atoms in total. The summed E-state index contributed by atoms with van der Waals surface area (Å²) >= 11 is 2.63. The Hall–Kier alpha value is -0.0700. The summed E-state index contributed by atoms with van der Waals surface area (Å²) in [6.45, 7) is 5.78. The van der Waals surface area contributed by atoms with E-state index in [0.29, 0.717) is 0 Å². The van der Waals surface area contributed by atoms with Crippen LogP contribution in [0.1, 0.15) is 49.4 Å². The summed E-state index contributed by atoms with van der Waals surface area (Å²) in [7, 11) is 0. The molecule has 4 rings (SSSR count). The molecule has 1 N–H and O–H groups in total. The molecule has 1 spiro atoms. The minimum atomic E-state index is -1.07. The van der Waals surface area contributed by atoms with Gasteiger partial charge in [-0.05, 0) is 50.3 Å². The van der Waals surface area contributed by atoms with E-state index in [1.807, 2.05) is 0 Å². The smallest absolute Gasteiger partial charge is 0.165 e. The molecule has 1 aromatic carbocycles. The molecule has 0 amide bonds. The van der Waals surface area contributed by atoms with Crippen molar-refractivity contribution in [1.82, 2.24) is 4.72 Å². The number of benzene rings is 1. The molecule has 3 aliphatic rings. The van der Waals surface area contributed by atoms with Crippen molar-refractivity contribution < 1.29 is 9.29 Å². The third-order valence-corrected chi connectivity index (χ3v) is 7.75. The molecule has 2 unspecified atom stereocenters. The Labute approximate surface area is 137 Å². The highest BCUT2D eigenvalue weighted by atomic mass is 79.9. The van der Waals surface area contributed by atoms with Gasteiger partial charge in [-0.2, -0.15) is 0 Å². The van der Waals surface area contributed by atoms with Crippen molar-refractivity contribution >= 4 is 27.3 Å². The fourth-order valence-electron chi connectivity index (χ4n) is 4.29. The molecule has 0 bridgehead atoms. The molecule has 2 atom stereocenters. The van der Waals surface area contributed by atoms with Crippen LogP contribution in [-0.2, 0) is 27.3 Å². The molecular weight excluding hydrogens is 350 g/mol. The largest absolute Gasteiger partial charge is 0.597 e. The lowest BCUT2D eigenvalue weighted by Crippen LogP contribution is -2.51. The molecule has 2 heterocycles. The summed E-state index contributed by atoms with van der Waals surface area (Å²) in [6.07, 6.45) is 3.18. The van der Waals surface area contributed by atoms with Gasteiger partial charge in [0.05, 0.1) is 6.04 Å². The van der Waals surface area contributed by atoms with Crippen LogP contribution in [-0.4, -0.2) is 17.8 Å². The van der Waals surface area contributed by atoms with E-state index in [4.69, 9.17) is 4.74 Å². The summed E-state index contributed by atoms with van der Waals surface area (Å²) in [4.78, 5) is 0. The molecular formula is C16H20BrNO2S. The Kier molecular flexibility index (Phi) is 3.26. The summed E-state index contributed by atoms with van der Waals surface area (Å²) in [6, 6.07) is 4.58. The Morgan fingerprint density at radius 1 is 1.33 bits per heavy atom. The molecule has 1 aliphatic carbocycles. The zero-order valence-corrected chi connectivity index (χ0v) is 14.8. The minimum Gasteiger partial charge on any atom is -0.597 e. The first-order chi connectivity index (χ1) is 9.96. The Balaban J connectivity index is 1.91. The Bertz CT molecular complexity index is 598. The van der Waals surface area contributed by atoms with Gasteiger partial charge in [0.1, 0.15) is 0 Å². The van der Waals surface area contributed by atoms with E-state index in [1.165, 1.54) is 16.7 Å². The molecule has 0 aromatic heterocycles. The number of rotatable bonds is 0. The maximum Gasteiger partial charge on any atom is 0.165 e. The average Bonchev–Trinajstić information content (AvgIpc) is 2.73. The van der Waals surface area contributed by atoms with Gasteiger partial charge in [0.25, 0.3) is 0 Å². The third-order valence-electron chi connectivity index (χ3n) is 5.51. The van der Waals surface area contributed by atoms with Crippen LogP contribution >= 0.6 is 15.9 Å². The van der Waals surface area contributed by atoms with E-state index in [9.17, 15) is 4.55 Å². The van der Waals surface area contributed by atoms with Crippen molar-refractivity contribution in [2.75, 3.05) is 13.2 Å². The molecule has 2 aliphatic heterocycles. The highest BCUT2D eigenvalue weighted by Gasteiger charge is 2.56. The lowest BCUT2D eigenvalue weighted by atomic mass is 9.74. The topological polar surface area (TPSA) is 44.3 Å². The molecule has 1 aromatic rings. The number of nitrogens with one attached hydrogen (secondary N) is 1. The highest BCUT2D eigenvalue weighted by molar-refractivity contribution is 9.10. The van der Waals surface area contributed by atoms with E-state index in [-0.39, 0.29) is 16.2 Å². The first-order valence-corrected chi connectivity index (χ1v) is 9.47. The van der Waals surface area contributed by atoms with Gasteiger partial charge < -0.3 is 9.29 Å². The van der Waals surface area contributed by atoms with Crippen LogP contribution in [0.5, 0.6) is 0 Å². The number of fused-ring (bicyclic) bond motifs is 1. The molecule has 1 fully saturated rings. The van der Waals surface area contributed by atoms with Gasteiger partial charge in [-0.1, -0.05) is 22.0 Å².